The molecule has 26 heavy (non-hydrogen) atoms. The van der Waals surface area contributed by atoms with E-state index in [9.17, 15) is 4.79 Å². The lowest BCUT2D eigenvalue weighted by Crippen LogP contribution is -2.48. The van der Waals surface area contributed by atoms with Crippen LogP contribution in [0.15, 0.2) is 47.4 Å². The standard InChI is InChI=1S/C17H15ClN6O2/c18-12-1-3-13(4-2-12)23-7-9-24(10-8-23)17(25)16-21-15(22-26-16)14-11-19-5-6-20-14/h1-6,11H,7-10H2. The Morgan fingerprint density at radius 2 is 1.85 bits per heavy atom. The van der Waals surface area contributed by atoms with Gasteiger partial charge in [-0.3, -0.25) is 9.78 Å². The first-order valence-electron chi connectivity index (χ1n) is 8.10. The van der Waals surface area contributed by atoms with Crippen LogP contribution in [0.5, 0.6) is 0 Å². The van der Waals surface area contributed by atoms with Crippen molar-refractivity contribution in [1.29, 1.82) is 0 Å². The number of halogens is 1. The van der Waals surface area contributed by atoms with Gasteiger partial charge in [0, 0.05) is 49.3 Å². The van der Waals surface area contributed by atoms with Gasteiger partial charge in [-0.2, -0.15) is 4.98 Å². The monoisotopic (exact) mass is 370 g/mol. The topological polar surface area (TPSA) is 88.2 Å². The van der Waals surface area contributed by atoms with E-state index in [1.807, 2.05) is 24.3 Å². The van der Waals surface area contributed by atoms with Crippen LogP contribution >= 0.6 is 11.6 Å². The summed E-state index contributed by atoms with van der Waals surface area (Å²) in [6.07, 6.45) is 4.60. The van der Waals surface area contributed by atoms with Gasteiger partial charge in [0.2, 0.25) is 5.82 Å². The normalized spacial score (nSPS) is 14.5. The Bertz CT molecular complexity index is 891. The molecule has 1 fully saturated rings. The molecule has 0 atom stereocenters. The summed E-state index contributed by atoms with van der Waals surface area (Å²) in [5.41, 5.74) is 1.55. The van der Waals surface area contributed by atoms with E-state index in [-0.39, 0.29) is 17.6 Å². The Kier molecular flexibility index (Phi) is 4.49. The molecule has 1 amide bonds. The van der Waals surface area contributed by atoms with Gasteiger partial charge in [0.05, 0.1) is 6.20 Å². The van der Waals surface area contributed by atoms with E-state index in [4.69, 9.17) is 16.1 Å². The molecule has 8 nitrogen and oxygen atoms in total. The summed E-state index contributed by atoms with van der Waals surface area (Å²) >= 11 is 5.93. The number of anilines is 1. The summed E-state index contributed by atoms with van der Waals surface area (Å²) in [5, 5.41) is 4.52. The minimum atomic E-state index is -0.275. The van der Waals surface area contributed by atoms with E-state index in [1.165, 1.54) is 12.4 Å². The van der Waals surface area contributed by atoms with E-state index >= 15 is 0 Å². The third-order valence-electron chi connectivity index (χ3n) is 4.16. The largest absolute Gasteiger partial charge is 0.368 e. The average molecular weight is 371 g/mol. The maximum Gasteiger partial charge on any atom is 0.316 e. The Labute approximate surface area is 154 Å². The summed E-state index contributed by atoms with van der Waals surface area (Å²) in [7, 11) is 0. The number of nitrogens with zero attached hydrogens (tertiary/aromatic N) is 6. The van der Waals surface area contributed by atoms with Crippen LogP contribution in [0.25, 0.3) is 11.5 Å². The SMILES string of the molecule is O=C(c1nc(-c2cnccn2)no1)N1CCN(c2ccc(Cl)cc2)CC1. The fraction of sp³-hybridized carbons (Fsp3) is 0.235. The molecule has 0 N–H and O–H groups in total. The molecule has 1 saturated heterocycles. The van der Waals surface area contributed by atoms with Crippen LogP contribution in [0.4, 0.5) is 5.69 Å². The quantitative estimate of drug-likeness (QED) is 0.697. The summed E-state index contributed by atoms with van der Waals surface area (Å²) in [6.45, 7) is 2.59. The molecule has 0 radical (unpaired) electrons. The molecule has 2 aromatic heterocycles. The lowest BCUT2D eigenvalue weighted by Gasteiger charge is -2.35. The van der Waals surface area contributed by atoms with E-state index in [2.05, 4.69) is 25.0 Å². The molecular weight excluding hydrogens is 356 g/mol. The molecule has 1 aliphatic heterocycles. The lowest BCUT2D eigenvalue weighted by atomic mass is 10.2. The molecule has 132 valence electrons. The van der Waals surface area contributed by atoms with Crippen molar-refractivity contribution in [3.8, 4) is 11.5 Å². The zero-order valence-corrected chi connectivity index (χ0v) is 14.5. The van der Waals surface area contributed by atoms with Gasteiger partial charge in [0.15, 0.2) is 0 Å². The molecule has 3 heterocycles. The summed E-state index contributed by atoms with van der Waals surface area (Å²) in [6, 6.07) is 7.68. The molecule has 0 saturated carbocycles. The van der Waals surface area contributed by atoms with Gasteiger partial charge >= 0.3 is 11.8 Å². The van der Waals surface area contributed by atoms with E-state index in [0.717, 1.165) is 18.8 Å². The van der Waals surface area contributed by atoms with E-state index in [1.54, 1.807) is 11.1 Å². The van der Waals surface area contributed by atoms with Crippen LogP contribution in [-0.4, -0.2) is 57.1 Å². The molecule has 0 unspecified atom stereocenters. The molecule has 0 bridgehead atoms. The predicted molar refractivity (Wildman–Crippen MR) is 94.9 cm³/mol. The first-order valence-corrected chi connectivity index (χ1v) is 8.48. The Hall–Kier alpha value is -3.00. The molecule has 1 aliphatic rings. The van der Waals surface area contributed by atoms with E-state index in [0.29, 0.717) is 23.8 Å². The van der Waals surface area contributed by atoms with Gasteiger partial charge in [-0.15, -0.1) is 0 Å². The van der Waals surface area contributed by atoms with Crippen molar-refractivity contribution in [1.82, 2.24) is 25.0 Å². The van der Waals surface area contributed by atoms with Crippen molar-refractivity contribution in [3.63, 3.8) is 0 Å². The second-order valence-electron chi connectivity index (χ2n) is 5.77. The van der Waals surface area contributed by atoms with Crippen molar-refractivity contribution in [3.05, 3.63) is 53.8 Å². The van der Waals surface area contributed by atoms with Gasteiger partial charge in [-0.05, 0) is 24.3 Å². The maximum absolute atomic E-state index is 12.6. The number of aromatic nitrogens is 4. The number of carbonyl (C=O) groups excluding carboxylic acids is 1. The molecule has 4 rings (SSSR count). The average Bonchev–Trinajstić information content (AvgIpc) is 3.19. The first-order chi connectivity index (χ1) is 12.7. The maximum atomic E-state index is 12.6. The molecule has 0 spiro atoms. The Morgan fingerprint density at radius 3 is 2.54 bits per heavy atom. The molecule has 0 aliphatic carbocycles. The third kappa shape index (κ3) is 3.36. The van der Waals surface area contributed by atoms with Crippen molar-refractivity contribution >= 4 is 23.2 Å². The van der Waals surface area contributed by atoms with Crippen LogP contribution in [-0.2, 0) is 0 Å². The predicted octanol–water partition coefficient (Wildman–Crippen LogP) is 2.14. The minimum absolute atomic E-state index is 0.0365. The van der Waals surface area contributed by atoms with Gasteiger partial charge in [0.25, 0.3) is 0 Å². The number of amides is 1. The molecule has 9 heteroatoms. The number of benzene rings is 1. The highest BCUT2D eigenvalue weighted by molar-refractivity contribution is 6.30. The number of carbonyl (C=O) groups is 1. The zero-order valence-electron chi connectivity index (χ0n) is 13.7. The summed E-state index contributed by atoms with van der Waals surface area (Å²) in [4.78, 5) is 28.7. The van der Waals surface area contributed by atoms with Gasteiger partial charge in [0.1, 0.15) is 5.69 Å². The van der Waals surface area contributed by atoms with E-state index < -0.39 is 0 Å². The number of piperazine rings is 1. The van der Waals surface area contributed by atoms with Crippen LogP contribution in [0.1, 0.15) is 10.7 Å². The second kappa shape index (κ2) is 7.09. The fourth-order valence-corrected chi connectivity index (χ4v) is 2.91. The highest BCUT2D eigenvalue weighted by Crippen LogP contribution is 2.20. The van der Waals surface area contributed by atoms with Crippen molar-refractivity contribution in [2.45, 2.75) is 0 Å². The highest BCUT2D eigenvalue weighted by Gasteiger charge is 2.26. The van der Waals surface area contributed by atoms with Crippen molar-refractivity contribution < 1.29 is 9.32 Å². The van der Waals surface area contributed by atoms with Gasteiger partial charge < -0.3 is 14.3 Å². The minimum Gasteiger partial charge on any atom is -0.368 e. The summed E-state index contributed by atoms with van der Waals surface area (Å²) in [5.74, 6) is -0.0600. The van der Waals surface area contributed by atoms with Gasteiger partial charge in [-0.25, -0.2) is 4.98 Å². The fourth-order valence-electron chi connectivity index (χ4n) is 2.78. The number of hydrogen-bond acceptors (Lipinski definition) is 7. The van der Waals surface area contributed by atoms with Gasteiger partial charge in [-0.1, -0.05) is 16.8 Å². The van der Waals surface area contributed by atoms with Crippen LogP contribution in [0.2, 0.25) is 5.02 Å². The summed E-state index contributed by atoms with van der Waals surface area (Å²) < 4.78 is 5.11. The first kappa shape index (κ1) is 16.5. The zero-order chi connectivity index (χ0) is 17.9. The van der Waals surface area contributed by atoms with Crippen LogP contribution < -0.4 is 4.90 Å². The Balaban J connectivity index is 1.41. The van der Waals surface area contributed by atoms with Crippen LogP contribution in [0.3, 0.4) is 0 Å². The second-order valence-corrected chi connectivity index (χ2v) is 6.21. The Morgan fingerprint density at radius 1 is 1.08 bits per heavy atom. The lowest BCUT2D eigenvalue weighted by molar-refractivity contribution is 0.0696. The molecule has 1 aromatic carbocycles. The van der Waals surface area contributed by atoms with Crippen molar-refractivity contribution in [2.75, 3.05) is 31.1 Å². The number of hydrogen-bond donors (Lipinski definition) is 0. The van der Waals surface area contributed by atoms with Crippen molar-refractivity contribution in [2.24, 2.45) is 0 Å². The third-order valence-corrected chi connectivity index (χ3v) is 4.41. The molecule has 3 aromatic rings. The smallest absolute Gasteiger partial charge is 0.316 e. The number of rotatable bonds is 3. The molecular formula is C17H15ClN6O2. The highest BCUT2D eigenvalue weighted by atomic mass is 35.5. The van der Waals surface area contributed by atoms with Crippen LogP contribution in [0, 0.1) is 0 Å².